The van der Waals surface area contributed by atoms with Gasteiger partial charge in [-0.1, -0.05) is 37.3 Å². The van der Waals surface area contributed by atoms with Gasteiger partial charge < -0.3 is 20.1 Å². The molecular weight excluding hydrogens is 372 g/mol. The molecule has 0 radical (unpaired) electrons. The maximum absolute atomic E-state index is 11.7. The van der Waals surface area contributed by atoms with E-state index in [1.54, 1.807) is 7.11 Å². The Kier molecular flexibility index (Phi) is 8.32. The van der Waals surface area contributed by atoms with Crippen LogP contribution >= 0.6 is 0 Å². The molecule has 0 unspecified atom stereocenters. The number of rotatable bonds is 6. The van der Waals surface area contributed by atoms with Crippen molar-refractivity contribution in [2.45, 2.75) is 38.5 Å². The standard InChI is InChI=1S/C17H16O3.C6H14O3/c1-20-16-7-6-11-4-2-3-5-15(11)17(16)12-8-13(18)10-14(19)9-12;1-2-6(3-7,4-8)5-9/h2-7,12H,8-10H2,1H3;7-9H,2-5H2,1H3. The smallest absolute Gasteiger partial charge is 0.140 e. The summed E-state index contributed by atoms with van der Waals surface area (Å²) >= 11 is 0. The number of carbonyl (C=O) groups is 2. The maximum atomic E-state index is 11.7. The van der Waals surface area contributed by atoms with Crippen LogP contribution in [0.25, 0.3) is 10.8 Å². The Balaban J connectivity index is 0.000000284. The van der Waals surface area contributed by atoms with Crippen molar-refractivity contribution < 1.29 is 29.6 Å². The molecule has 3 rings (SSSR count). The molecule has 1 aliphatic rings. The molecule has 1 saturated carbocycles. The van der Waals surface area contributed by atoms with E-state index in [2.05, 4.69) is 0 Å². The van der Waals surface area contributed by atoms with E-state index in [4.69, 9.17) is 20.1 Å². The Bertz CT molecular complexity index is 807. The number of hydrogen-bond acceptors (Lipinski definition) is 6. The lowest BCUT2D eigenvalue weighted by atomic mass is 9.80. The molecule has 0 spiro atoms. The van der Waals surface area contributed by atoms with Crippen LogP contribution in [0.4, 0.5) is 0 Å². The molecule has 3 N–H and O–H groups in total. The average Bonchev–Trinajstić information content (AvgIpc) is 2.74. The number of fused-ring (bicyclic) bond motifs is 1. The zero-order valence-corrected chi connectivity index (χ0v) is 17.1. The third-order valence-corrected chi connectivity index (χ3v) is 5.66. The number of ether oxygens (including phenoxy) is 1. The molecule has 1 aliphatic carbocycles. The van der Waals surface area contributed by atoms with Gasteiger partial charge in [0.1, 0.15) is 17.3 Å². The highest BCUT2D eigenvalue weighted by molar-refractivity contribution is 6.03. The zero-order chi connectivity index (χ0) is 21.4. The van der Waals surface area contributed by atoms with Gasteiger partial charge in [0.2, 0.25) is 0 Å². The first kappa shape index (κ1) is 23.0. The zero-order valence-electron chi connectivity index (χ0n) is 17.1. The Morgan fingerprint density at radius 3 is 2.03 bits per heavy atom. The maximum Gasteiger partial charge on any atom is 0.140 e. The van der Waals surface area contributed by atoms with Gasteiger partial charge in [0.05, 0.1) is 33.4 Å². The second kappa shape index (κ2) is 10.5. The number of benzene rings is 2. The summed E-state index contributed by atoms with van der Waals surface area (Å²) < 4.78 is 5.45. The van der Waals surface area contributed by atoms with E-state index in [9.17, 15) is 9.59 Å². The molecule has 0 aliphatic heterocycles. The van der Waals surface area contributed by atoms with Crippen LogP contribution in [0.3, 0.4) is 0 Å². The van der Waals surface area contributed by atoms with Crippen LogP contribution in [0.15, 0.2) is 36.4 Å². The van der Waals surface area contributed by atoms with E-state index in [0.717, 1.165) is 22.1 Å². The first-order valence-corrected chi connectivity index (χ1v) is 9.85. The molecule has 2 aromatic rings. The Labute approximate surface area is 171 Å². The summed E-state index contributed by atoms with van der Waals surface area (Å²) in [4.78, 5) is 23.5. The molecule has 0 atom stereocenters. The Hall–Kier alpha value is -2.28. The fraction of sp³-hybridized carbons (Fsp3) is 0.478. The molecular formula is C23H30O6. The van der Waals surface area contributed by atoms with Gasteiger partial charge in [0, 0.05) is 29.7 Å². The van der Waals surface area contributed by atoms with Crippen molar-refractivity contribution in [2.75, 3.05) is 26.9 Å². The summed E-state index contributed by atoms with van der Waals surface area (Å²) in [5.41, 5.74) is 0.326. The minimum absolute atomic E-state index is 0.0289. The first-order chi connectivity index (χ1) is 13.9. The molecule has 29 heavy (non-hydrogen) atoms. The fourth-order valence-corrected chi connectivity index (χ4v) is 3.55. The quantitative estimate of drug-likeness (QED) is 0.642. The second-order valence-corrected chi connectivity index (χ2v) is 7.59. The molecule has 6 nitrogen and oxygen atoms in total. The first-order valence-electron chi connectivity index (χ1n) is 9.85. The normalized spacial score (nSPS) is 15.2. The SMILES string of the molecule is CCC(CO)(CO)CO.COc1ccc2ccccc2c1C1CC(=O)CC(=O)C1. The highest BCUT2D eigenvalue weighted by Crippen LogP contribution is 2.39. The largest absolute Gasteiger partial charge is 0.496 e. The topological polar surface area (TPSA) is 104 Å². The highest BCUT2D eigenvalue weighted by Gasteiger charge is 2.29. The summed E-state index contributed by atoms with van der Waals surface area (Å²) in [5, 5.41) is 28.1. The van der Waals surface area contributed by atoms with Gasteiger partial charge in [-0.05, 0) is 23.3 Å². The number of carbonyl (C=O) groups excluding carboxylic acids is 2. The van der Waals surface area contributed by atoms with Gasteiger partial charge in [-0.25, -0.2) is 0 Å². The average molecular weight is 402 g/mol. The Morgan fingerprint density at radius 2 is 1.55 bits per heavy atom. The Morgan fingerprint density at radius 1 is 0.966 bits per heavy atom. The van der Waals surface area contributed by atoms with Crippen LogP contribution in [-0.4, -0.2) is 53.8 Å². The van der Waals surface area contributed by atoms with Crippen LogP contribution in [-0.2, 0) is 9.59 Å². The number of aliphatic hydroxyl groups excluding tert-OH is 3. The lowest BCUT2D eigenvalue weighted by Gasteiger charge is -2.24. The summed E-state index contributed by atoms with van der Waals surface area (Å²) in [6, 6.07) is 11.9. The van der Waals surface area contributed by atoms with Gasteiger partial charge in [-0.15, -0.1) is 0 Å². The van der Waals surface area contributed by atoms with Crippen molar-refractivity contribution in [1.82, 2.24) is 0 Å². The summed E-state index contributed by atoms with van der Waals surface area (Å²) in [6.07, 6.45) is 1.53. The molecule has 2 aromatic carbocycles. The number of Topliss-reactive ketones (excluding diaryl/α,β-unsaturated/α-hetero) is 2. The number of methoxy groups -OCH3 is 1. The minimum Gasteiger partial charge on any atom is -0.496 e. The highest BCUT2D eigenvalue weighted by atomic mass is 16.5. The summed E-state index contributed by atoms with van der Waals surface area (Å²) in [5.74, 6) is 0.753. The van der Waals surface area contributed by atoms with Crippen LogP contribution < -0.4 is 4.74 Å². The molecule has 0 saturated heterocycles. The van der Waals surface area contributed by atoms with Gasteiger partial charge >= 0.3 is 0 Å². The molecule has 0 bridgehead atoms. The third-order valence-electron chi connectivity index (χ3n) is 5.66. The van der Waals surface area contributed by atoms with E-state index in [0.29, 0.717) is 19.3 Å². The van der Waals surface area contributed by atoms with Crippen molar-refractivity contribution in [2.24, 2.45) is 5.41 Å². The van der Waals surface area contributed by atoms with Crippen LogP contribution in [0, 0.1) is 5.41 Å². The summed E-state index contributed by atoms with van der Waals surface area (Å²) in [7, 11) is 1.63. The minimum atomic E-state index is -0.667. The molecule has 158 valence electrons. The van der Waals surface area contributed by atoms with Crippen molar-refractivity contribution in [3.05, 3.63) is 42.0 Å². The predicted molar refractivity (Wildman–Crippen MR) is 111 cm³/mol. The molecule has 6 heteroatoms. The van der Waals surface area contributed by atoms with Crippen LogP contribution in [0.1, 0.15) is 44.1 Å². The van der Waals surface area contributed by atoms with E-state index in [-0.39, 0.29) is 43.7 Å². The molecule has 1 fully saturated rings. The van der Waals surface area contributed by atoms with Gasteiger partial charge in [-0.2, -0.15) is 0 Å². The molecule has 0 aromatic heterocycles. The van der Waals surface area contributed by atoms with Gasteiger partial charge in [0.25, 0.3) is 0 Å². The number of hydrogen-bond donors (Lipinski definition) is 3. The molecule has 0 amide bonds. The monoisotopic (exact) mass is 402 g/mol. The predicted octanol–water partition coefficient (Wildman–Crippen LogP) is 2.61. The van der Waals surface area contributed by atoms with Gasteiger partial charge in [0.15, 0.2) is 0 Å². The lowest BCUT2D eigenvalue weighted by Crippen LogP contribution is -2.32. The number of ketones is 2. The second-order valence-electron chi connectivity index (χ2n) is 7.59. The van der Waals surface area contributed by atoms with E-state index in [1.165, 1.54) is 0 Å². The van der Waals surface area contributed by atoms with Gasteiger partial charge in [-0.3, -0.25) is 9.59 Å². The molecule has 0 heterocycles. The number of aliphatic hydroxyl groups is 3. The van der Waals surface area contributed by atoms with E-state index < -0.39 is 5.41 Å². The fourth-order valence-electron chi connectivity index (χ4n) is 3.55. The van der Waals surface area contributed by atoms with E-state index >= 15 is 0 Å². The van der Waals surface area contributed by atoms with Crippen LogP contribution in [0.2, 0.25) is 0 Å². The van der Waals surface area contributed by atoms with Crippen molar-refractivity contribution in [3.63, 3.8) is 0 Å². The van der Waals surface area contributed by atoms with Crippen molar-refractivity contribution in [3.8, 4) is 5.75 Å². The summed E-state index contributed by atoms with van der Waals surface area (Å²) in [6.45, 7) is 1.35. The lowest BCUT2D eigenvalue weighted by molar-refractivity contribution is -0.130. The van der Waals surface area contributed by atoms with E-state index in [1.807, 2.05) is 43.3 Å². The van der Waals surface area contributed by atoms with Crippen LogP contribution in [0.5, 0.6) is 5.75 Å². The third kappa shape index (κ3) is 5.41. The van der Waals surface area contributed by atoms with Crippen molar-refractivity contribution in [1.29, 1.82) is 0 Å². The van der Waals surface area contributed by atoms with Crippen molar-refractivity contribution >= 4 is 22.3 Å².